The number of nitrogens with one attached hydrogen (secondary N) is 2. The summed E-state index contributed by atoms with van der Waals surface area (Å²) < 4.78 is 83.8. The van der Waals surface area contributed by atoms with E-state index in [2.05, 4.69) is 29.9 Å². The summed E-state index contributed by atoms with van der Waals surface area (Å²) in [5.41, 5.74) is 12.8. The third kappa shape index (κ3) is 11.4. The van der Waals surface area contributed by atoms with Crippen molar-refractivity contribution < 1.29 is 75.2 Å². The Bertz CT molecular complexity index is 2280. The Morgan fingerprint density at radius 1 is 0.900 bits per heavy atom. The van der Waals surface area contributed by atoms with Crippen molar-refractivity contribution in [3.05, 3.63) is 34.8 Å². The zero-order valence-corrected chi connectivity index (χ0v) is 34.7. The molecule has 30 heteroatoms. The topological polar surface area (TPSA) is 387 Å². The number of nitrogen functional groups attached to an aromatic ring is 2. The molecule has 2 aliphatic rings. The second-order valence-electron chi connectivity index (χ2n) is 13.6. The number of anilines is 2. The quantitative estimate of drug-likeness (QED) is 0.0336. The largest absolute Gasteiger partial charge is 0.472 e. The minimum Gasteiger partial charge on any atom is -0.396 e. The number of aromatic amines is 2. The molecule has 6 rings (SSSR count). The Balaban J connectivity index is 1.19. The molecule has 27 nitrogen and oxygen atoms in total. The van der Waals surface area contributed by atoms with E-state index >= 15 is 0 Å². The Kier molecular flexibility index (Phi) is 15.3. The molecule has 0 aromatic carbocycles. The number of hydrogen-bond acceptors (Lipinski definition) is 21. The highest BCUT2D eigenvalue weighted by Gasteiger charge is 2.51. The molecule has 60 heavy (non-hydrogen) atoms. The number of hydrogen-bond donors (Lipinski definition) is 9. The summed E-state index contributed by atoms with van der Waals surface area (Å²) in [5.74, 6) is -0.773. The molecule has 9 atom stereocenters. The van der Waals surface area contributed by atoms with E-state index < -0.39 is 78.8 Å². The van der Waals surface area contributed by atoms with E-state index in [9.17, 15) is 33.2 Å². The SMILES string of the molecule is CO[C@@H]1[C@H](OP(=O)(O)OCCCO)[C@@H](COP(=O)(O)O[C@H]2CN(CCc3c[nH]c4c(N)ncnc34)C[C@@H]2COP(=O)(O)OCCCO)O[C@H]1n1cnc2c(=O)[nH]c(N)nc21. The molecule has 4 aromatic rings. The number of ether oxygens (including phenoxy) is 2. The number of aliphatic hydroxyl groups is 2. The standard InChI is InChI=1S/C30H47N10O17P3/c1-50-25-24(57-59(46,47)52-9-3-7-42)20(55-29(25)40-16-36-23-27(40)37-30(32)38-28(23)43)14-54-60(48,49)56-19-12-39(11-18(19)13-53-58(44,45)51-8-2-6-41)5-4-17-10-33-22-21(17)34-15-35-26(22)31/h10,15-16,18-20,24-25,29,33,41-42H,2-9,11-14H2,1H3,(H,44,45)(H,46,47)(H,48,49)(H2,31,34,35)(H3,32,37,38,43)/t18-,19+,20-,24-,25-,29-/m1/s1. The zero-order valence-electron chi connectivity index (χ0n) is 32.0. The summed E-state index contributed by atoms with van der Waals surface area (Å²) in [6, 6.07) is 0. The molecule has 3 unspecified atom stereocenters. The number of likely N-dealkylation sites (tertiary alicyclic amines) is 1. The lowest BCUT2D eigenvalue weighted by molar-refractivity contribution is -0.0594. The summed E-state index contributed by atoms with van der Waals surface area (Å²) >= 11 is 0. The van der Waals surface area contributed by atoms with Crippen LogP contribution in [0.2, 0.25) is 0 Å². The Labute approximate surface area is 340 Å². The van der Waals surface area contributed by atoms with Crippen molar-refractivity contribution in [1.29, 1.82) is 0 Å². The zero-order chi connectivity index (χ0) is 43.2. The van der Waals surface area contributed by atoms with Gasteiger partial charge < -0.3 is 50.8 Å². The van der Waals surface area contributed by atoms with Crippen LogP contribution in [-0.2, 0) is 56.7 Å². The molecular formula is C30H47N10O17P3. The summed E-state index contributed by atoms with van der Waals surface area (Å²) in [7, 11) is -13.4. The number of phosphoric ester groups is 3. The van der Waals surface area contributed by atoms with Gasteiger partial charge in [-0.1, -0.05) is 0 Å². The number of fused-ring (bicyclic) bond motifs is 2. The predicted octanol–water partition coefficient (Wildman–Crippen LogP) is -0.455. The van der Waals surface area contributed by atoms with Gasteiger partial charge in [0.1, 0.15) is 30.2 Å². The molecule has 6 heterocycles. The molecule has 4 aromatic heterocycles. The number of H-pyrrole nitrogens is 2. The van der Waals surface area contributed by atoms with Gasteiger partial charge in [-0.3, -0.25) is 46.4 Å². The first-order valence-corrected chi connectivity index (χ1v) is 22.9. The van der Waals surface area contributed by atoms with Gasteiger partial charge in [0.2, 0.25) is 5.95 Å². The second-order valence-corrected chi connectivity index (χ2v) is 17.9. The first-order valence-electron chi connectivity index (χ1n) is 18.4. The predicted molar refractivity (Wildman–Crippen MR) is 206 cm³/mol. The van der Waals surface area contributed by atoms with E-state index in [-0.39, 0.29) is 75.3 Å². The van der Waals surface area contributed by atoms with Crippen LogP contribution in [0.5, 0.6) is 0 Å². The highest BCUT2D eigenvalue weighted by atomic mass is 31.2. The Morgan fingerprint density at radius 3 is 2.32 bits per heavy atom. The van der Waals surface area contributed by atoms with Crippen molar-refractivity contribution in [3.8, 4) is 0 Å². The Morgan fingerprint density at radius 2 is 1.60 bits per heavy atom. The maximum absolute atomic E-state index is 13.7. The smallest absolute Gasteiger partial charge is 0.396 e. The van der Waals surface area contributed by atoms with E-state index in [4.69, 9.17) is 58.3 Å². The van der Waals surface area contributed by atoms with Crippen LogP contribution in [0.4, 0.5) is 11.8 Å². The third-order valence-electron chi connectivity index (χ3n) is 9.50. The molecule has 334 valence electrons. The number of rotatable bonds is 23. The minimum atomic E-state index is -5.08. The van der Waals surface area contributed by atoms with Gasteiger partial charge >= 0.3 is 23.5 Å². The van der Waals surface area contributed by atoms with E-state index in [1.807, 2.05) is 4.90 Å². The maximum atomic E-state index is 13.7. The first-order chi connectivity index (χ1) is 28.5. The van der Waals surface area contributed by atoms with Gasteiger partial charge in [-0.25, -0.2) is 28.6 Å². The first kappa shape index (κ1) is 46.2. The number of aromatic nitrogens is 7. The van der Waals surface area contributed by atoms with Gasteiger partial charge in [0.15, 0.2) is 23.2 Å². The van der Waals surface area contributed by atoms with E-state index in [1.165, 1.54) is 24.3 Å². The Hall–Kier alpha value is -3.30. The molecule has 0 bridgehead atoms. The molecule has 0 aliphatic carbocycles. The third-order valence-corrected chi connectivity index (χ3v) is 12.5. The van der Waals surface area contributed by atoms with Gasteiger partial charge in [-0.2, -0.15) is 4.98 Å². The lowest BCUT2D eigenvalue weighted by Gasteiger charge is -2.26. The molecule has 0 saturated carbocycles. The summed E-state index contributed by atoms with van der Waals surface area (Å²) in [5, 5.41) is 18.1. The van der Waals surface area contributed by atoms with Crippen LogP contribution in [0.1, 0.15) is 24.6 Å². The molecule has 2 saturated heterocycles. The molecule has 0 radical (unpaired) electrons. The lowest BCUT2D eigenvalue weighted by atomic mass is 10.1. The van der Waals surface area contributed by atoms with Crippen LogP contribution in [0, 0.1) is 5.92 Å². The van der Waals surface area contributed by atoms with Crippen molar-refractivity contribution in [2.75, 3.05) is 77.9 Å². The fourth-order valence-electron chi connectivity index (χ4n) is 6.71. The van der Waals surface area contributed by atoms with E-state index in [0.29, 0.717) is 24.0 Å². The normalized spacial score (nSPS) is 25.5. The summed E-state index contributed by atoms with van der Waals surface area (Å²) in [6.45, 7) is -1.96. The number of nitrogens with zero attached hydrogens (tertiary/aromatic N) is 6. The van der Waals surface area contributed by atoms with Gasteiger partial charge in [0, 0.05) is 52.1 Å². The van der Waals surface area contributed by atoms with Crippen LogP contribution in [0.25, 0.3) is 22.2 Å². The number of phosphoric acid groups is 3. The summed E-state index contributed by atoms with van der Waals surface area (Å²) in [4.78, 5) is 68.0. The second kappa shape index (κ2) is 19.8. The molecule has 11 N–H and O–H groups in total. The minimum absolute atomic E-state index is 0.00402. The van der Waals surface area contributed by atoms with Crippen molar-refractivity contribution in [3.63, 3.8) is 0 Å². The van der Waals surface area contributed by atoms with Gasteiger partial charge in [-0.15, -0.1) is 0 Å². The van der Waals surface area contributed by atoms with Crippen LogP contribution in [0.15, 0.2) is 23.6 Å². The van der Waals surface area contributed by atoms with Crippen LogP contribution in [-0.4, -0.2) is 155 Å². The average molecular weight is 913 g/mol. The lowest BCUT2D eigenvalue weighted by Crippen LogP contribution is -2.37. The number of methoxy groups -OCH3 is 1. The molecule has 2 aliphatic heterocycles. The monoisotopic (exact) mass is 912 g/mol. The van der Waals surface area contributed by atoms with Crippen molar-refractivity contribution in [2.45, 2.75) is 49.9 Å². The van der Waals surface area contributed by atoms with Gasteiger partial charge in [-0.05, 0) is 24.8 Å². The van der Waals surface area contributed by atoms with Crippen molar-refractivity contribution >= 4 is 57.4 Å². The number of nitrogens with two attached hydrogens (primary N) is 2. The molecule has 0 amide bonds. The fourth-order valence-corrected chi connectivity index (χ4v) is 9.49. The highest BCUT2D eigenvalue weighted by Crippen LogP contribution is 2.52. The fraction of sp³-hybridized carbons (Fsp3) is 0.633. The van der Waals surface area contributed by atoms with Crippen LogP contribution < -0.4 is 17.0 Å². The van der Waals surface area contributed by atoms with Crippen molar-refractivity contribution in [2.24, 2.45) is 5.92 Å². The van der Waals surface area contributed by atoms with Gasteiger partial charge in [0.25, 0.3) is 5.56 Å². The van der Waals surface area contributed by atoms with Gasteiger partial charge in [0.05, 0.1) is 44.4 Å². The summed E-state index contributed by atoms with van der Waals surface area (Å²) in [6.07, 6.45) is -1.98. The molecular weight excluding hydrogens is 865 g/mol. The maximum Gasteiger partial charge on any atom is 0.472 e. The number of imidazole rings is 1. The van der Waals surface area contributed by atoms with Crippen LogP contribution >= 0.6 is 23.5 Å². The highest BCUT2D eigenvalue weighted by molar-refractivity contribution is 7.48. The molecule has 2 fully saturated rings. The van der Waals surface area contributed by atoms with E-state index in [1.54, 1.807) is 6.20 Å². The average Bonchev–Trinajstić information content (AvgIpc) is 3.97. The van der Waals surface area contributed by atoms with Crippen LogP contribution in [0.3, 0.4) is 0 Å². The number of aliphatic hydroxyl groups excluding tert-OH is 2. The van der Waals surface area contributed by atoms with E-state index in [0.717, 1.165) is 5.56 Å². The molecule has 0 spiro atoms. The van der Waals surface area contributed by atoms with Crippen molar-refractivity contribution in [1.82, 2.24) is 39.4 Å².